The Hall–Kier alpha value is -3.72. The highest BCUT2D eigenvalue weighted by atomic mass is 16.5. The van der Waals surface area contributed by atoms with Gasteiger partial charge in [0.1, 0.15) is 34.1 Å². The summed E-state index contributed by atoms with van der Waals surface area (Å²) in [4.78, 5) is 0. The Balaban J connectivity index is 0.000000344. The third kappa shape index (κ3) is 10.7. The van der Waals surface area contributed by atoms with Gasteiger partial charge < -0.3 is 14.2 Å². The lowest BCUT2D eigenvalue weighted by molar-refractivity contribution is 0.0592. The van der Waals surface area contributed by atoms with E-state index in [1.54, 1.807) is 0 Å². The maximum absolute atomic E-state index is 6.23. The zero-order chi connectivity index (χ0) is 34.2. The predicted molar refractivity (Wildman–Crippen MR) is 196 cm³/mol. The molecule has 0 unspecified atom stereocenters. The minimum Gasteiger partial charge on any atom is -0.488 e. The molecule has 0 saturated heterocycles. The van der Waals surface area contributed by atoms with Gasteiger partial charge >= 0.3 is 0 Å². The molecule has 0 aromatic heterocycles. The van der Waals surface area contributed by atoms with Gasteiger partial charge in [-0.15, -0.1) is 0 Å². The Labute approximate surface area is 280 Å². The van der Waals surface area contributed by atoms with Crippen LogP contribution in [0.1, 0.15) is 105 Å². The van der Waals surface area contributed by atoms with E-state index in [1.807, 2.05) is 18.2 Å². The molecular formula is C43H58O3. The fraction of sp³-hybridized carbons (Fsp3) is 0.442. The molecule has 0 bridgehead atoms. The topological polar surface area (TPSA) is 27.7 Å². The van der Waals surface area contributed by atoms with Crippen molar-refractivity contribution >= 4 is 0 Å². The normalized spacial score (nSPS) is 12.3. The summed E-state index contributed by atoms with van der Waals surface area (Å²) in [6.45, 7) is 25.5. The van der Waals surface area contributed by atoms with Crippen molar-refractivity contribution < 1.29 is 14.2 Å². The molecule has 0 aliphatic rings. The van der Waals surface area contributed by atoms with E-state index in [0.29, 0.717) is 5.92 Å². The quantitative estimate of drug-likeness (QED) is 0.176. The fourth-order valence-corrected chi connectivity index (χ4v) is 5.34. The summed E-state index contributed by atoms with van der Waals surface area (Å²) in [5.41, 5.74) is 4.25. The van der Waals surface area contributed by atoms with Crippen molar-refractivity contribution in [2.45, 2.75) is 118 Å². The molecule has 4 aromatic rings. The Morgan fingerprint density at radius 1 is 0.565 bits per heavy atom. The van der Waals surface area contributed by atoms with Gasteiger partial charge in [0.2, 0.25) is 0 Å². The average molecular weight is 623 g/mol. The van der Waals surface area contributed by atoms with Gasteiger partial charge in [0.15, 0.2) is 0 Å². The molecule has 4 aromatic carbocycles. The smallest absolute Gasteiger partial charge is 0.123 e. The second-order valence-corrected chi connectivity index (χ2v) is 15.2. The van der Waals surface area contributed by atoms with Crippen LogP contribution in [0.5, 0.6) is 17.2 Å². The van der Waals surface area contributed by atoms with E-state index in [9.17, 15) is 0 Å². The van der Waals surface area contributed by atoms with E-state index in [1.165, 1.54) is 22.3 Å². The highest BCUT2D eigenvalue weighted by molar-refractivity contribution is 5.47. The molecule has 248 valence electrons. The summed E-state index contributed by atoms with van der Waals surface area (Å²) in [5.74, 6) is 3.30. The van der Waals surface area contributed by atoms with Crippen LogP contribution >= 0.6 is 0 Å². The summed E-state index contributed by atoms with van der Waals surface area (Å²) in [6, 6.07) is 36.1. The number of rotatable bonds is 10. The van der Waals surface area contributed by atoms with Crippen molar-refractivity contribution in [1.29, 1.82) is 0 Å². The maximum atomic E-state index is 6.23. The highest BCUT2D eigenvalue weighted by Crippen LogP contribution is 2.42. The van der Waals surface area contributed by atoms with Crippen LogP contribution in [0.2, 0.25) is 0 Å². The van der Waals surface area contributed by atoms with Gasteiger partial charge in [0.05, 0.1) is 0 Å². The van der Waals surface area contributed by atoms with Gasteiger partial charge in [-0.3, -0.25) is 0 Å². The van der Waals surface area contributed by atoms with Crippen LogP contribution in [-0.2, 0) is 11.8 Å². The molecule has 0 aliphatic carbocycles. The molecular weight excluding hydrogens is 564 g/mol. The number of hydrogen-bond donors (Lipinski definition) is 0. The van der Waals surface area contributed by atoms with Crippen molar-refractivity contribution in [3.8, 4) is 17.2 Å². The molecule has 0 aliphatic heterocycles. The minimum atomic E-state index is -0.243. The molecule has 0 radical (unpaired) electrons. The van der Waals surface area contributed by atoms with Crippen molar-refractivity contribution in [1.82, 2.24) is 0 Å². The molecule has 0 amide bonds. The molecule has 3 heteroatoms. The van der Waals surface area contributed by atoms with Gasteiger partial charge in [0.25, 0.3) is 0 Å². The van der Waals surface area contributed by atoms with Crippen molar-refractivity contribution in [2.24, 2.45) is 5.92 Å². The summed E-state index contributed by atoms with van der Waals surface area (Å²) in [5, 5.41) is 0. The second kappa shape index (κ2) is 15.2. The van der Waals surface area contributed by atoms with Crippen LogP contribution < -0.4 is 14.2 Å². The standard InChI is InChI=1S/C30H38O2.C13H20O/c1-8-30(22-23-14-10-9-11-15-23,24-16-12-18-26(20-24)31-28(2,3)4)25-17-13-19-27(21-25)32-29(5,6)7;1-10(2)13(4,5)14-12-9-7-6-8-11(12)3/h9-21H,8,22H2,1-7H3;6-10H,1-5H3. The lowest BCUT2D eigenvalue weighted by Crippen LogP contribution is -2.34. The Morgan fingerprint density at radius 2 is 1.04 bits per heavy atom. The summed E-state index contributed by atoms with van der Waals surface area (Å²) >= 11 is 0. The molecule has 46 heavy (non-hydrogen) atoms. The van der Waals surface area contributed by atoms with E-state index in [2.05, 4.69) is 168 Å². The zero-order valence-electron chi connectivity index (χ0n) is 30.5. The average Bonchev–Trinajstić information content (AvgIpc) is 2.96. The Kier molecular flexibility index (Phi) is 12.2. The van der Waals surface area contributed by atoms with Gasteiger partial charge in [-0.1, -0.05) is 93.6 Å². The highest BCUT2D eigenvalue weighted by Gasteiger charge is 2.34. The monoisotopic (exact) mass is 622 g/mol. The first kappa shape index (κ1) is 36.7. The van der Waals surface area contributed by atoms with Crippen LogP contribution in [0.4, 0.5) is 0 Å². The Morgan fingerprint density at radius 3 is 1.48 bits per heavy atom. The number of aryl methyl sites for hydroxylation is 1. The number of benzene rings is 4. The maximum Gasteiger partial charge on any atom is 0.123 e. The minimum absolute atomic E-state index is 0.105. The van der Waals surface area contributed by atoms with Gasteiger partial charge in [-0.25, -0.2) is 0 Å². The first-order chi connectivity index (χ1) is 21.4. The zero-order valence-corrected chi connectivity index (χ0v) is 30.5. The third-order valence-electron chi connectivity index (χ3n) is 8.43. The van der Waals surface area contributed by atoms with E-state index in [-0.39, 0.29) is 22.2 Å². The van der Waals surface area contributed by atoms with Crippen LogP contribution in [0.15, 0.2) is 103 Å². The Bertz CT molecular complexity index is 1440. The molecule has 0 atom stereocenters. The van der Waals surface area contributed by atoms with Gasteiger partial charge in [0, 0.05) is 5.41 Å². The largest absolute Gasteiger partial charge is 0.488 e. The van der Waals surface area contributed by atoms with E-state index in [4.69, 9.17) is 14.2 Å². The fourth-order valence-electron chi connectivity index (χ4n) is 5.34. The van der Waals surface area contributed by atoms with E-state index >= 15 is 0 Å². The van der Waals surface area contributed by atoms with Gasteiger partial charge in [-0.05, 0) is 134 Å². The first-order valence-corrected chi connectivity index (χ1v) is 16.8. The van der Waals surface area contributed by atoms with Crippen LogP contribution in [0, 0.1) is 12.8 Å². The molecule has 0 spiro atoms. The summed E-state index contributed by atoms with van der Waals surface area (Å²) in [7, 11) is 0. The molecule has 3 nitrogen and oxygen atoms in total. The van der Waals surface area contributed by atoms with E-state index < -0.39 is 0 Å². The lowest BCUT2D eigenvalue weighted by atomic mass is 9.68. The van der Waals surface area contributed by atoms with Crippen LogP contribution in [0.25, 0.3) is 0 Å². The number of para-hydroxylation sites is 1. The predicted octanol–water partition coefficient (Wildman–Crippen LogP) is 11.8. The van der Waals surface area contributed by atoms with Gasteiger partial charge in [-0.2, -0.15) is 0 Å². The lowest BCUT2D eigenvalue weighted by Gasteiger charge is -2.36. The van der Waals surface area contributed by atoms with Crippen LogP contribution in [0.3, 0.4) is 0 Å². The molecule has 4 rings (SSSR count). The van der Waals surface area contributed by atoms with E-state index in [0.717, 1.165) is 30.1 Å². The third-order valence-corrected chi connectivity index (χ3v) is 8.43. The van der Waals surface area contributed by atoms with Crippen molar-refractivity contribution in [3.63, 3.8) is 0 Å². The number of hydrogen-bond acceptors (Lipinski definition) is 3. The SMILES string of the molecule is CCC(Cc1ccccc1)(c1cccc(OC(C)(C)C)c1)c1cccc(OC(C)(C)C)c1.Cc1ccccc1OC(C)(C)C(C)C. The van der Waals surface area contributed by atoms with Crippen molar-refractivity contribution in [3.05, 3.63) is 125 Å². The second-order valence-electron chi connectivity index (χ2n) is 15.2. The van der Waals surface area contributed by atoms with Crippen LogP contribution in [-0.4, -0.2) is 16.8 Å². The number of ether oxygens (including phenoxy) is 3. The summed E-state index contributed by atoms with van der Waals surface area (Å²) in [6.07, 6.45) is 1.86. The molecule has 0 fully saturated rings. The van der Waals surface area contributed by atoms with Crippen molar-refractivity contribution in [2.75, 3.05) is 0 Å². The molecule has 0 N–H and O–H groups in total. The summed E-state index contributed by atoms with van der Waals surface area (Å²) < 4.78 is 18.5. The molecule has 0 saturated carbocycles. The molecule has 0 heterocycles. The first-order valence-electron chi connectivity index (χ1n) is 16.8.